The van der Waals surface area contributed by atoms with Crippen molar-refractivity contribution in [3.8, 4) is 0 Å². The SMILES string of the molecule is Cn1nc(CC2(N)CCOC2)c2ccccc21. The van der Waals surface area contributed by atoms with E-state index < -0.39 is 0 Å². The van der Waals surface area contributed by atoms with Crippen molar-refractivity contribution in [2.75, 3.05) is 13.2 Å². The first kappa shape index (κ1) is 10.7. The Balaban J connectivity index is 2.00. The maximum absolute atomic E-state index is 6.32. The molecule has 0 radical (unpaired) electrons. The van der Waals surface area contributed by atoms with Crippen molar-refractivity contribution >= 4 is 10.9 Å². The average molecular weight is 231 g/mol. The average Bonchev–Trinajstić information content (AvgIpc) is 2.86. The van der Waals surface area contributed by atoms with Crippen LogP contribution in [0.15, 0.2) is 24.3 Å². The molecular weight excluding hydrogens is 214 g/mol. The van der Waals surface area contributed by atoms with E-state index in [0.717, 1.165) is 30.7 Å². The van der Waals surface area contributed by atoms with E-state index in [0.29, 0.717) is 6.61 Å². The van der Waals surface area contributed by atoms with Gasteiger partial charge in [-0.15, -0.1) is 0 Å². The van der Waals surface area contributed by atoms with Gasteiger partial charge >= 0.3 is 0 Å². The predicted molar refractivity (Wildman–Crippen MR) is 66.8 cm³/mol. The number of hydrogen-bond donors (Lipinski definition) is 1. The van der Waals surface area contributed by atoms with Gasteiger partial charge in [0.2, 0.25) is 0 Å². The summed E-state index contributed by atoms with van der Waals surface area (Å²) in [7, 11) is 1.97. The van der Waals surface area contributed by atoms with Crippen LogP contribution in [-0.4, -0.2) is 28.5 Å². The largest absolute Gasteiger partial charge is 0.379 e. The summed E-state index contributed by atoms with van der Waals surface area (Å²) in [6.07, 6.45) is 1.70. The molecule has 4 heteroatoms. The molecule has 2 aromatic rings. The maximum atomic E-state index is 6.32. The number of rotatable bonds is 2. The Morgan fingerprint density at radius 1 is 1.47 bits per heavy atom. The van der Waals surface area contributed by atoms with Crippen molar-refractivity contribution in [3.63, 3.8) is 0 Å². The Morgan fingerprint density at radius 2 is 2.29 bits per heavy atom. The highest BCUT2D eigenvalue weighted by atomic mass is 16.5. The van der Waals surface area contributed by atoms with Crippen LogP contribution in [0.2, 0.25) is 0 Å². The third kappa shape index (κ3) is 1.83. The van der Waals surface area contributed by atoms with E-state index in [4.69, 9.17) is 10.5 Å². The van der Waals surface area contributed by atoms with Crippen LogP contribution in [0.4, 0.5) is 0 Å². The molecule has 0 aliphatic carbocycles. The number of benzene rings is 1. The summed E-state index contributed by atoms with van der Waals surface area (Å²) >= 11 is 0. The van der Waals surface area contributed by atoms with E-state index in [1.807, 2.05) is 23.9 Å². The third-order valence-corrected chi connectivity index (χ3v) is 3.49. The second-order valence-corrected chi connectivity index (χ2v) is 4.93. The molecule has 1 aliphatic rings. The summed E-state index contributed by atoms with van der Waals surface area (Å²) in [6.45, 7) is 1.40. The van der Waals surface area contributed by atoms with Crippen LogP contribution in [0.5, 0.6) is 0 Å². The molecule has 0 amide bonds. The maximum Gasteiger partial charge on any atom is 0.0722 e. The third-order valence-electron chi connectivity index (χ3n) is 3.49. The lowest BCUT2D eigenvalue weighted by molar-refractivity contribution is 0.178. The first-order chi connectivity index (χ1) is 8.18. The number of nitrogens with two attached hydrogens (primary N) is 1. The fourth-order valence-electron chi connectivity index (χ4n) is 2.52. The normalized spacial score (nSPS) is 24.6. The molecule has 0 spiro atoms. The molecule has 1 aromatic carbocycles. The monoisotopic (exact) mass is 231 g/mol. The second kappa shape index (κ2) is 3.82. The van der Waals surface area contributed by atoms with Crippen LogP contribution < -0.4 is 5.73 Å². The van der Waals surface area contributed by atoms with E-state index in [1.54, 1.807) is 0 Å². The van der Waals surface area contributed by atoms with E-state index in [1.165, 1.54) is 5.39 Å². The van der Waals surface area contributed by atoms with Gasteiger partial charge in [-0.05, 0) is 12.5 Å². The van der Waals surface area contributed by atoms with Gasteiger partial charge in [0.25, 0.3) is 0 Å². The molecule has 2 heterocycles. The van der Waals surface area contributed by atoms with Gasteiger partial charge in [0, 0.05) is 31.0 Å². The molecule has 0 bridgehead atoms. The van der Waals surface area contributed by atoms with Gasteiger partial charge in [-0.3, -0.25) is 4.68 Å². The highest BCUT2D eigenvalue weighted by Gasteiger charge is 2.32. The summed E-state index contributed by atoms with van der Waals surface area (Å²) < 4.78 is 7.31. The van der Waals surface area contributed by atoms with Gasteiger partial charge in [0.15, 0.2) is 0 Å². The van der Waals surface area contributed by atoms with Crippen LogP contribution in [-0.2, 0) is 18.2 Å². The Morgan fingerprint density at radius 3 is 3.06 bits per heavy atom. The molecule has 0 saturated carbocycles. The molecule has 1 saturated heterocycles. The summed E-state index contributed by atoms with van der Waals surface area (Å²) in [6, 6.07) is 8.27. The summed E-state index contributed by atoms with van der Waals surface area (Å²) in [5.74, 6) is 0. The fourth-order valence-corrected chi connectivity index (χ4v) is 2.52. The zero-order valence-corrected chi connectivity index (χ0v) is 10.0. The number of hydrogen-bond acceptors (Lipinski definition) is 3. The zero-order chi connectivity index (χ0) is 11.9. The molecule has 90 valence electrons. The van der Waals surface area contributed by atoms with Gasteiger partial charge in [0.1, 0.15) is 0 Å². The molecule has 1 atom stereocenters. The highest BCUT2D eigenvalue weighted by Crippen LogP contribution is 2.25. The van der Waals surface area contributed by atoms with Crippen LogP contribution >= 0.6 is 0 Å². The molecule has 2 N–H and O–H groups in total. The Labute approximate surface area is 100 Å². The minimum atomic E-state index is -0.239. The van der Waals surface area contributed by atoms with Gasteiger partial charge in [-0.1, -0.05) is 18.2 Å². The van der Waals surface area contributed by atoms with Crippen molar-refractivity contribution in [1.29, 1.82) is 0 Å². The Hall–Kier alpha value is -1.39. The minimum absolute atomic E-state index is 0.239. The minimum Gasteiger partial charge on any atom is -0.379 e. The highest BCUT2D eigenvalue weighted by molar-refractivity contribution is 5.81. The van der Waals surface area contributed by atoms with Crippen molar-refractivity contribution in [2.24, 2.45) is 12.8 Å². The second-order valence-electron chi connectivity index (χ2n) is 4.93. The smallest absolute Gasteiger partial charge is 0.0722 e. The summed E-state index contributed by atoms with van der Waals surface area (Å²) in [5, 5.41) is 5.78. The van der Waals surface area contributed by atoms with Crippen molar-refractivity contribution < 1.29 is 4.74 Å². The number of aromatic nitrogens is 2. The Bertz CT molecular complexity index is 541. The molecule has 1 unspecified atom stereocenters. The fraction of sp³-hybridized carbons (Fsp3) is 0.462. The molecule has 1 aromatic heterocycles. The number of para-hydroxylation sites is 1. The topological polar surface area (TPSA) is 53.1 Å². The van der Waals surface area contributed by atoms with Crippen molar-refractivity contribution in [2.45, 2.75) is 18.4 Å². The first-order valence-corrected chi connectivity index (χ1v) is 5.95. The quantitative estimate of drug-likeness (QED) is 0.846. The van der Waals surface area contributed by atoms with Gasteiger partial charge in [-0.2, -0.15) is 5.10 Å². The molecule has 1 fully saturated rings. The van der Waals surface area contributed by atoms with Crippen molar-refractivity contribution in [3.05, 3.63) is 30.0 Å². The predicted octanol–water partition coefficient (Wildman–Crippen LogP) is 1.23. The Kier molecular flexibility index (Phi) is 2.42. The molecule has 1 aliphatic heterocycles. The lowest BCUT2D eigenvalue weighted by atomic mass is 9.93. The molecule has 4 nitrogen and oxygen atoms in total. The van der Waals surface area contributed by atoms with Gasteiger partial charge in [0.05, 0.1) is 17.8 Å². The van der Waals surface area contributed by atoms with E-state index in [-0.39, 0.29) is 5.54 Å². The van der Waals surface area contributed by atoms with Gasteiger partial charge in [-0.25, -0.2) is 0 Å². The van der Waals surface area contributed by atoms with Crippen LogP contribution in [0.25, 0.3) is 10.9 Å². The summed E-state index contributed by atoms with van der Waals surface area (Å²) in [4.78, 5) is 0. The van der Waals surface area contributed by atoms with Crippen LogP contribution in [0.3, 0.4) is 0 Å². The lowest BCUT2D eigenvalue weighted by Crippen LogP contribution is -2.42. The number of ether oxygens (including phenoxy) is 1. The van der Waals surface area contributed by atoms with Crippen LogP contribution in [0.1, 0.15) is 12.1 Å². The van der Waals surface area contributed by atoms with E-state index in [2.05, 4.69) is 17.2 Å². The number of nitrogens with zero attached hydrogens (tertiary/aromatic N) is 2. The van der Waals surface area contributed by atoms with E-state index >= 15 is 0 Å². The van der Waals surface area contributed by atoms with Crippen LogP contribution in [0, 0.1) is 0 Å². The molecular formula is C13H17N3O. The van der Waals surface area contributed by atoms with Gasteiger partial charge < -0.3 is 10.5 Å². The number of fused-ring (bicyclic) bond motifs is 1. The first-order valence-electron chi connectivity index (χ1n) is 5.95. The lowest BCUT2D eigenvalue weighted by Gasteiger charge is -2.20. The zero-order valence-electron chi connectivity index (χ0n) is 10.0. The number of aryl methyl sites for hydroxylation is 1. The summed E-state index contributed by atoms with van der Waals surface area (Å²) in [5.41, 5.74) is 8.32. The standard InChI is InChI=1S/C13H17N3O/c1-16-12-5-3-2-4-10(12)11(15-16)8-13(14)6-7-17-9-13/h2-5H,6-9,14H2,1H3. The van der Waals surface area contributed by atoms with Crippen molar-refractivity contribution in [1.82, 2.24) is 9.78 Å². The van der Waals surface area contributed by atoms with E-state index in [9.17, 15) is 0 Å². The molecule has 17 heavy (non-hydrogen) atoms. The molecule has 3 rings (SSSR count).